The van der Waals surface area contributed by atoms with Gasteiger partial charge in [-0.2, -0.15) is 5.10 Å². The van der Waals surface area contributed by atoms with E-state index in [1.807, 2.05) is 6.92 Å². The van der Waals surface area contributed by atoms with Gasteiger partial charge in [-0.15, -0.1) is 11.6 Å². The van der Waals surface area contributed by atoms with Gasteiger partial charge in [-0.1, -0.05) is 0 Å². The molecule has 1 aromatic carbocycles. The number of benzene rings is 1. The molecule has 0 aliphatic rings. The van der Waals surface area contributed by atoms with Crippen LogP contribution < -0.4 is 0 Å². The van der Waals surface area contributed by atoms with Crippen molar-refractivity contribution in [2.45, 2.75) is 12.8 Å². The Morgan fingerprint density at radius 1 is 1.25 bits per heavy atom. The number of hydrogen-bond donors (Lipinski definition) is 0. The molecule has 0 unspecified atom stereocenters. The van der Waals surface area contributed by atoms with Crippen molar-refractivity contribution < 1.29 is 8.78 Å². The van der Waals surface area contributed by atoms with Crippen LogP contribution in [0.3, 0.4) is 0 Å². The SMILES string of the molecule is Cc1nn(C)c2c1nc(CCl)n2-c1ccc(F)c(F)c1. The van der Waals surface area contributed by atoms with Gasteiger partial charge in [0.1, 0.15) is 11.3 Å². The molecule has 7 heteroatoms. The summed E-state index contributed by atoms with van der Waals surface area (Å²) in [5.74, 6) is -1.08. The Hall–Kier alpha value is -1.95. The number of hydrogen-bond acceptors (Lipinski definition) is 2. The zero-order chi connectivity index (χ0) is 14.4. The van der Waals surface area contributed by atoms with E-state index in [1.54, 1.807) is 16.3 Å². The minimum Gasteiger partial charge on any atom is -0.280 e. The molecular weight excluding hydrogens is 286 g/mol. The van der Waals surface area contributed by atoms with Crippen molar-refractivity contribution in [2.24, 2.45) is 7.05 Å². The van der Waals surface area contributed by atoms with Gasteiger partial charge in [0, 0.05) is 13.1 Å². The van der Waals surface area contributed by atoms with Gasteiger partial charge in [0.25, 0.3) is 0 Å². The Morgan fingerprint density at radius 3 is 2.65 bits per heavy atom. The van der Waals surface area contributed by atoms with Crippen LogP contribution in [0.15, 0.2) is 18.2 Å². The highest BCUT2D eigenvalue weighted by atomic mass is 35.5. The quantitative estimate of drug-likeness (QED) is 0.681. The highest BCUT2D eigenvalue weighted by Gasteiger charge is 2.18. The van der Waals surface area contributed by atoms with Gasteiger partial charge in [-0.25, -0.2) is 18.4 Å². The van der Waals surface area contributed by atoms with E-state index in [0.717, 1.165) is 17.8 Å². The normalized spacial score (nSPS) is 11.4. The lowest BCUT2D eigenvalue weighted by Crippen LogP contribution is -2.05. The fraction of sp³-hybridized carbons (Fsp3) is 0.231. The van der Waals surface area contributed by atoms with Gasteiger partial charge in [0.15, 0.2) is 17.3 Å². The van der Waals surface area contributed by atoms with Crippen LogP contribution in [0.1, 0.15) is 11.5 Å². The Balaban J connectivity index is 2.36. The Bertz CT molecular complexity index is 806. The van der Waals surface area contributed by atoms with Gasteiger partial charge in [-0.3, -0.25) is 4.57 Å². The topological polar surface area (TPSA) is 35.6 Å². The highest BCUT2D eigenvalue weighted by molar-refractivity contribution is 6.17. The number of aryl methyl sites for hydroxylation is 2. The summed E-state index contributed by atoms with van der Waals surface area (Å²) in [4.78, 5) is 4.41. The van der Waals surface area contributed by atoms with E-state index in [-0.39, 0.29) is 5.88 Å². The Morgan fingerprint density at radius 2 is 2.00 bits per heavy atom. The molecule has 0 fully saturated rings. The molecule has 0 radical (unpaired) electrons. The maximum Gasteiger partial charge on any atom is 0.163 e. The lowest BCUT2D eigenvalue weighted by atomic mass is 10.3. The third-order valence-corrected chi connectivity index (χ3v) is 3.39. The van der Waals surface area contributed by atoms with Crippen molar-refractivity contribution in [3.8, 4) is 5.69 Å². The molecule has 3 rings (SSSR count). The van der Waals surface area contributed by atoms with E-state index in [0.29, 0.717) is 22.7 Å². The van der Waals surface area contributed by atoms with Crippen LogP contribution in [-0.4, -0.2) is 19.3 Å². The average Bonchev–Trinajstić information content (AvgIpc) is 2.92. The van der Waals surface area contributed by atoms with Crippen LogP contribution in [0.2, 0.25) is 0 Å². The first-order valence-corrected chi connectivity index (χ1v) is 6.48. The van der Waals surface area contributed by atoms with Crippen molar-refractivity contribution in [3.05, 3.63) is 41.4 Å². The lowest BCUT2D eigenvalue weighted by molar-refractivity contribution is 0.508. The van der Waals surface area contributed by atoms with Crippen LogP contribution in [-0.2, 0) is 12.9 Å². The van der Waals surface area contributed by atoms with E-state index in [9.17, 15) is 8.78 Å². The molecule has 104 valence electrons. The third-order valence-electron chi connectivity index (χ3n) is 3.15. The fourth-order valence-corrected chi connectivity index (χ4v) is 2.48. The predicted molar refractivity (Wildman–Crippen MR) is 72.0 cm³/mol. The maximum atomic E-state index is 13.4. The zero-order valence-corrected chi connectivity index (χ0v) is 11.6. The number of rotatable bonds is 2. The minimum atomic E-state index is -0.913. The standard InChI is InChI=1S/C13H11ClF2N4/c1-7-12-13(19(2)18-7)20(11(6-14)17-12)8-3-4-9(15)10(16)5-8/h3-5H,6H2,1-2H3. The van der Waals surface area contributed by atoms with E-state index < -0.39 is 11.6 Å². The van der Waals surface area contributed by atoms with E-state index in [2.05, 4.69) is 10.1 Å². The molecule has 2 aromatic heterocycles. The van der Waals surface area contributed by atoms with Crippen molar-refractivity contribution >= 4 is 22.8 Å². The fourth-order valence-electron chi connectivity index (χ4n) is 2.30. The van der Waals surface area contributed by atoms with Crippen LogP contribution in [0.5, 0.6) is 0 Å². The first kappa shape index (κ1) is 13.1. The van der Waals surface area contributed by atoms with Crippen molar-refractivity contribution in [3.63, 3.8) is 0 Å². The number of halogens is 3. The smallest absolute Gasteiger partial charge is 0.163 e. The molecule has 4 nitrogen and oxygen atoms in total. The molecule has 0 amide bonds. The summed E-state index contributed by atoms with van der Waals surface area (Å²) in [6.07, 6.45) is 0. The molecule has 0 atom stereocenters. The van der Waals surface area contributed by atoms with Crippen LogP contribution in [0.4, 0.5) is 8.78 Å². The second-order valence-corrected chi connectivity index (χ2v) is 4.74. The zero-order valence-electron chi connectivity index (χ0n) is 10.9. The number of aromatic nitrogens is 4. The Kier molecular flexibility index (Phi) is 2.97. The molecule has 0 N–H and O–H groups in total. The van der Waals surface area contributed by atoms with E-state index in [4.69, 9.17) is 11.6 Å². The second kappa shape index (κ2) is 4.56. The van der Waals surface area contributed by atoms with Gasteiger partial charge >= 0.3 is 0 Å². The Labute approximate surface area is 118 Å². The summed E-state index contributed by atoms with van der Waals surface area (Å²) in [6.45, 7) is 1.84. The summed E-state index contributed by atoms with van der Waals surface area (Å²) >= 11 is 5.91. The van der Waals surface area contributed by atoms with Gasteiger partial charge in [-0.05, 0) is 19.1 Å². The molecule has 0 saturated heterocycles. The molecule has 0 aliphatic carbocycles. The summed E-state index contributed by atoms with van der Waals surface area (Å²) in [5, 5.41) is 4.27. The largest absolute Gasteiger partial charge is 0.280 e. The summed E-state index contributed by atoms with van der Waals surface area (Å²) in [7, 11) is 1.77. The van der Waals surface area contributed by atoms with Crippen molar-refractivity contribution in [2.75, 3.05) is 0 Å². The molecule has 0 aliphatic heterocycles. The van der Waals surface area contributed by atoms with Crippen molar-refractivity contribution in [1.29, 1.82) is 0 Å². The van der Waals surface area contributed by atoms with Crippen LogP contribution in [0, 0.1) is 18.6 Å². The molecule has 0 spiro atoms. The van der Waals surface area contributed by atoms with Gasteiger partial charge < -0.3 is 0 Å². The van der Waals surface area contributed by atoms with Crippen LogP contribution >= 0.6 is 11.6 Å². The molecule has 0 saturated carbocycles. The third kappa shape index (κ3) is 1.79. The molecule has 2 heterocycles. The number of nitrogens with zero attached hydrogens (tertiary/aromatic N) is 4. The minimum absolute atomic E-state index is 0.160. The number of imidazole rings is 1. The van der Waals surface area contributed by atoms with Crippen molar-refractivity contribution in [1.82, 2.24) is 19.3 Å². The van der Waals surface area contributed by atoms with Crippen LogP contribution in [0.25, 0.3) is 16.9 Å². The maximum absolute atomic E-state index is 13.4. The van der Waals surface area contributed by atoms with E-state index >= 15 is 0 Å². The molecular formula is C13H11ClF2N4. The second-order valence-electron chi connectivity index (χ2n) is 4.48. The molecule has 20 heavy (non-hydrogen) atoms. The number of alkyl halides is 1. The van der Waals surface area contributed by atoms with Gasteiger partial charge in [0.05, 0.1) is 17.3 Å². The monoisotopic (exact) mass is 296 g/mol. The summed E-state index contributed by atoms with van der Waals surface area (Å²) in [5.41, 5.74) is 2.62. The summed E-state index contributed by atoms with van der Waals surface area (Å²) in [6, 6.07) is 3.69. The molecule has 0 bridgehead atoms. The highest BCUT2D eigenvalue weighted by Crippen LogP contribution is 2.25. The average molecular weight is 297 g/mol. The number of fused-ring (bicyclic) bond motifs is 1. The van der Waals surface area contributed by atoms with E-state index in [1.165, 1.54) is 6.07 Å². The first-order valence-electron chi connectivity index (χ1n) is 5.95. The predicted octanol–water partition coefficient (Wildman–Crippen LogP) is 3.08. The molecule has 3 aromatic rings. The van der Waals surface area contributed by atoms with Gasteiger partial charge in [0.2, 0.25) is 0 Å². The summed E-state index contributed by atoms with van der Waals surface area (Å²) < 4.78 is 29.9. The first-order chi connectivity index (χ1) is 9.52. The lowest BCUT2D eigenvalue weighted by Gasteiger charge is -2.08.